The molecular formula is C11H10F4N2O. The van der Waals surface area contributed by atoms with Gasteiger partial charge in [-0.25, -0.2) is 9.37 Å². The highest BCUT2D eigenvalue weighted by Gasteiger charge is 2.39. The van der Waals surface area contributed by atoms with E-state index < -0.39 is 29.9 Å². The molecule has 2 N–H and O–H groups in total. The number of aromatic nitrogens is 2. The fourth-order valence-corrected chi connectivity index (χ4v) is 1.77. The topological polar surface area (TPSA) is 48.9 Å². The summed E-state index contributed by atoms with van der Waals surface area (Å²) in [6.45, 7) is -0.278. The maximum absolute atomic E-state index is 13.1. The second-order valence-corrected chi connectivity index (χ2v) is 3.95. The molecule has 0 saturated carbocycles. The molecule has 7 heteroatoms. The number of hydrogen-bond donors (Lipinski definition) is 2. The Morgan fingerprint density at radius 2 is 2.17 bits per heavy atom. The molecule has 0 fully saturated rings. The largest absolute Gasteiger partial charge is 0.415 e. The van der Waals surface area contributed by atoms with Gasteiger partial charge in [-0.15, -0.1) is 0 Å². The van der Waals surface area contributed by atoms with Crippen LogP contribution in [0.15, 0.2) is 29.7 Å². The lowest BCUT2D eigenvalue weighted by Crippen LogP contribution is -2.18. The fraction of sp³-hybridized carbons (Fsp3) is 0.364. The summed E-state index contributed by atoms with van der Waals surface area (Å²) in [5.74, 6) is -1.64. The molecule has 2 rings (SSSR count). The van der Waals surface area contributed by atoms with Gasteiger partial charge in [-0.3, -0.25) is 0 Å². The van der Waals surface area contributed by atoms with Crippen molar-refractivity contribution in [3.05, 3.63) is 41.3 Å². The van der Waals surface area contributed by atoms with Crippen molar-refractivity contribution < 1.29 is 22.7 Å². The van der Waals surface area contributed by atoms with E-state index in [2.05, 4.69) is 9.97 Å². The Balaban J connectivity index is 2.23. The zero-order valence-corrected chi connectivity index (χ0v) is 9.13. The number of rotatable bonds is 2. The molecule has 1 aromatic heterocycles. The minimum absolute atomic E-state index is 0.278. The first kappa shape index (κ1) is 12.8. The number of aliphatic hydroxyl groups is 1. The van der Waals surface area contributed by atoms with Crippen molar-refractivity contribution in [2.45, 2.75) is 25.1 Å². The molecule has 0 radical (unpaired) electrons. The highest BCUT2D eigenvalue weighted by molar-refractivity contribution is 5.32. The van der Waals surface area contributed by atoms with Gasteiger partial charge in [-0.2, -0.15) is 13.2 Å². The van der Waals surface area contributed by atoms with Crippen molar-refractivity contribution in [1.29, 1.82) is 0 Å². The quantitative estimate of drug-likeness (QED) is 0.805. The number of aromatic amines is 1. The maximum atomic E-state index is 13.1. The third-order valence-corrected chi connectivity index (χ3v) is 2.70. The summed E-state index contributed by atoms with van der Waals surface area (Å²) in [5.41, 5.74) is -0.779. The number of imidazole rings is 1. The fourth-order valence-electron chi connectivity index (χ4n) is 1.77. The summed E-state index contributed by atoms with van der Waals surface area (Å²) in [5, 5.41) is 8.83. The number of nitrogens with one attached hydrogen (secondary N) is 1. The second-order valence-electron chi connectivity index (χ2n) is 3.95. The van der Waals surface area contributed by atoms with Crippen LogP contribution in [0.25, 0.3) is 0 Å². The zero-order chi connectivity index (χ0) is 13.3. The first-order valence-corrected chi connectivity index (χ1v) is 5.20. The van der Waals surface area contributed by atoms with Crippen molar-refractivity contribution in [3.8, 4) is 0 Å². The van der Waals surface area contributed by atoms with Crippen LogP contribution in [0.2, 0.25) is 0 Å². The highest BCUT2D eigenvalue weighted by Crippen LogP contribution is 2.39. The van der Waals surface area contributed by atoms with Crippen LogP contribution in [0.3, 0.4) is 0 Å². The number of alkyl halides is 3. The van der Waals surface area contributed by atoms with Gasteiger partial charge in [-0.05, 0) is 12.5 Å². The van der Waals surface area contributed by atoms with Crippen molar-refractivity contribution >= 4 is 0 Å². The van der Waals surface area contributed by atoms with Crippen LogP contribution in [0.1, 0.15) is 23.9 Å². The molecule has 0 saturated heterocycles. The molecule has 1 atom stereocenters. The van der Waals surface area contributed by atoms with Crippen LogP contribution < -0.4 is 0 Å². The average Bonchev–Trinajstić information content (AvgIpc) is 2.76. The normalized spacial score (nSPS) is 20.6. The smallest absolute Gasteiger partial charge is 0.390 e. The minimum atomic E-state index is -4.68. The van der Waals surface area contributed by atoms with Gasteiger partial charge in [0.2, 0.25) is 0 Å². The summed E-state index contributed by atoms with van der Waals surface area (Å²) in [6, 6.07) is 0. The Morgan fingerprint density at radius 1 is 1.44 bits per heavy atom. The van der Waals surface area contributed by atoms with Gasteiger partial charge >= 0.3 is 6.18 Å². The van der Waals surface area contributed by atoms with E-state index >= 15 is 0 Å². The summed E-state index contributed by atoms with van der Waals surface area (Å²) in [4.78, 5) is 6.57. The molecule has 1 heterocycles. The van der Waals surface area contributed by atoms with Crippen LogP contribution in [0.5, 0.6) is 0 Å². The van der Waals surface area contributed by atoms with E-state index in [9.17, 15) is 17.6 Å². The number of aliphatic hydroxyl groups excluding tert-OH is 1. The lowest BCUT2D eigenvalue weighted by atomic mass is 9.92. The molecule has 0 spiro atoms. The minimum Gasteiger partial charge on any atom is -0.390 e. The monoisotopic (exact) mass is 262 g/mol. The molecule has 3 nitrogen and oxygen atoms in total. The number of allylic oxidation sites excluding steroid dienone is 4. The average molecular weight is 262 g/mol. The summed E-state index contributed by atoms with van der Waals surface area (Å²) < 4.78 is 50.8. The Hall–Kier alpha value is -1.63. The number of hydrogen-bond acceptors (Lipinski definition) is 2. The standard InChI is InChI=1S/C11H10F4N2O/c12-9-2-1-6(3-8(9)11(13,14)15)10-16-4-7(5-18)17-10/h1-2,4,6,18H,3,5H2,(H,16,17)/t6-/m0/s1. The van der Waals surface area contributed by atoms with E-state index in [4.69, 9.17) is 5.11 Å². The molecular weight excluding hydrogens is 252 g/mol. The van der Waals surface area contributed by atoms with Gasteiger partial charge in [0.15, 0.2) is 0 Å². The lowest BCUT2D eigenvalue weighted by molar-refractivity contribution is -0.0962. The highest BCUT2D eigenvalue weighted by atomic mass is 19.4. The summed E-state index contributed by atoms with van der Waals surface area (Å²) >= 11 is 0. The molecule has 0 aliphatic heterocycles. The van der Waals surface area contributed by atoms with Gasteiger partial charge in [0.25, 0.3) is 0 Å². The first-order chi connectivity index (χ1) is 8.41. The molecule has 0 amide bonds. The molecule has 0 unspecified atom stereocenters. The Labute approximate surface area is 99.9 Å². The molecule has 1 aromatic rings. The van der Waals surface area contributed by atoms with Crippen LogP contribution >= 0.6 is 0 Å². The summed E-state index contributed by atoms with van der Waals surface area (Å²) in [7, 11) is 0. The zero-order valence-electron chi connectivity index (χ0n) is 9.13. The van der Waals surface area contributed by atoms with Gasteiger partial charge < -0.3 is 10.1 Å². The van der Waals surface area contributed by atoms with Crippen molar-refractivity contribution in [2.24, 2.45) is 0 Å². The molecule has 0 aromatic carbocycles. The molecule has 98 valence electrons. The van der Waals surface area contributed by atoms with Crippen molar-refractivity contribution in [2.75, 3.05) is 0 Å². The van der Waals surface area contributed by atoms with E-state index in [1.165, 1.54) is 12.3 Å². The Morgan fingerprint density at radius 3 is 2.72 bits per heavy atom. The number of H-pyrrole nitrogens is 1. The summed E-state index contributed by atoms with van der Waals surface area (Å²) in [6.07, 6.45) is -1.71. The third-order valence-electron chi connectivity index (χ3n) is 2.70. The molecule has 0 bridgehead atoms. The van der Waals surface area contributed by atoms with Gasteiger partial charge in [-0.1, -0.05) is 6.08 Å². The number of halogens is 4. The van der Waals surface area contributed by atoms with E-state index in [0.717, 1.165) is 6.08 Å². The van der Waals surface area contributed by atoms with Gasteiger partial charge in [0, 0.05) is 5.92 Å². The molecule has 1 aliphatic carbocycles. The Bertz CT molecular complexity index is 501. The Kier molecular flexibility index (Phi) is 3.25. The predicted octanol–water partition coefficient (Wildman–Crippen LogP) is 2.73. The van der Waals surface area contributed by atoms with E-state index in [-0.39, 0.29) is 12.4 Å². The van der Waals surface area contributed by atoms with E-state index in [1.807, 2.05) is 0 Å². The predicted molar refractivity (Wildman–Crippen MR) is 55.2 cm³/mol. The van der Waals surface area contributed by atoms with Crippen LogP contribution in [-0.2, 0) is 6.61 Å². The third kappa shape index (κ3) is 2.45. The number of nitrogens with zero attached hydrogens (tertiary/aromatic N) is 1. The van der Waals surface area contributed by atoms with Crippen molar-refractivity contribution in [3.63, 3.8) is 0 Å². The van der Waals surface area contributed by atoms with Crippen molar-refractivity contribution in [1.82, 2.24) is 9.97 Å². The van der Waals surface area contributed by atoms with Crippen LogP contribution in [0.4, 0.5) is 17.6 Å². The SMILES string of the molecule is OCc1cnc([C@H]2C=CC(F)=C(C(F)(F)F)C2)[nH]1. The first-order valence-electron chi connectivity index (χ1n) is 5.20. The lowest BCUT2D eigenvalue weighted by Gasteiger charge is -2.19. The maximum Gasteiger partial charge on any atom is 0.415 e. The molecule has 18 heavy (non-hydrogen) atoms. The molecule has 1 aliphatic rings. The second kappa shape index (κ2) is 4.56. The van der Waals surface area contributed by atoms with E-state index in [1.54, 1.807) is 0 Å². The van der Waals surface area contributed by atoms with Crippen LogP contribution in [0, 0.1) is 0 Å². The van der Waals surface area contributed by atoms with E-state index in [0.29, 0.717) is 5.69 Å². The van der Waals surface area contributed by atoms with Gasteiger partial charge in [0.1, 0.15) is 11.7 Å². The van der Waals surface area contributed by atoms with Gasteiger partial charge in [0.05, 0.1) is 24.1 Å². The van der Waals surface area contributed by atoms with Crippen LogP contribution in [-0.4, -0.2) is 21.3 Å².